The Balaban J connectivity index is 1.91. The molecule has 2 bridgehead atoms. The van der Waals surface area contributed by atoms with Crippen molar-refractivity contribution in [1.82, 2.24) is 14.9 Å². The smallest absolute Gasteiger partial charge is 0.141 e. The normalized spacial score (nSPS) is 30.1. The zero-order valence-corrected chi connectivity index (χ0v) is 14.0. The van der Waals surface area contributed by atoms with Crippen LogP contribution in [0, 0.1) is 0 Å². The van der Waals surface area contributed by atoms with Gasteiger partial charge in [-0.3, -0.25) is 0 Å². The predicted molar refractivity (Wildman–Crippen MR) is 84.8 cm³/mol. The molecule has 2 saturated heterocycles. The van der Waals surface area contributed by atoms with Crippen molar-refractivity contribution in [2.75, 3.05) is 12.8 Å². The number of hydrogen-bond acceptors (Lipinski definition) is 4. The highest BCUT2D eigenvalue weighted by Gasteiger charge is 2.40. The van der Waals surface area contributed by atoms with Crippen molar-refractivity contribution >= 4 is 21.7 Å². The van der Waals surface area contributed by atoms with Crippen molar-refractivity contribution in [3.8, 4) is 0 Å². The molecule has 3 heterocycles. The Morgan fingerprint density at radius 3 is 2.35 bits per heavy atom. The zero-order chi connectivity index (χ0) is 14.4. The molecular formula is C15H23BrN4. The van der Waals surface area contributed by atoms with Crippen molar-refractivity contribution in [3.05, 3.63) is 16.0 Å². The second kappa shape index (κ2) is 5.26. The van der Waals surface area contributed by atoms with Crippen molar-refractivity contribution in [1.29, 1.82) is 0 Å². The number of halogens is 1. The third-order valence-electron chi connectivity index (χ3n) is 4.93. The molecule has 3 rings (SSSR count). The largest absolute Gasteiger partial charge is 0.383 e. The monoisotopic (exact) mass is 338 g/mol. The Bertz CT molecular complexity index is 503. The third kappa shape index (κ3) is 2.35. The molecular weight excluding hydrogens is 316 g/mol. The van der Waals surface area contributed by atoms with E-state index in [9.17, 15) is 0 Å². The van der Waals surface area contributed by atoms with Crippen LogP contribution in [0.15, 0.2) is 4.47 Å². The first-order valence-electron chi connectivity index (χ1n) is 7.52. The molecule has 1 aromatic heterocycles. The molecule has 0 aliphatic carbocycles. The number of nitrogens with two attached hydrogens (primary N) is 1. The second-order valence-electron chi connectivity index (χ2n) is 6.54. The van der Waals surface area contributed by atoms with E-state index in [0.29, 0.717) is 29.7 Å². The van der Waals surface area contributed by atoms with E-state index < -0.39 is 0 Å². The maximum Gasteiger partial charge on any atom is 0.141 e. The average molecular weight is 339 g/mol. The molecule has 2 aliphatic heterocycles. The summed E-state index contributed by atoms with van der Waals surface area (Å²) >= 11 is 3.53. The number of nitrogens with zero attached hydrogens (tertiary/aromatic N) is 3. The fraction of sp³-hybridized carbons (Fsp3) is 0.733. The lowest BCUT2D eigenvalue weighted by atomic mass is 9.90. The highest BCUT2D eigenvalue weighted by Crippen LogP contribution is 2.42. The molecule has 1 aromatic rings. The van der Waals surface area contributed by atoms with Crippen molar-refractivity contribution in [2.45, 2.75) is 63.5 Å². The molecule has 20 heavy (non-hydrogen) atoms. The highest BCUT2D eigenvalue weighted by molar-refractivity contribution is 9.10. The van der Waals surface area contributed by atoms with Gasteiger partial charge < -0.3 is 10.6 Å². The Morgan fingerprint density at radius 1 is 1.20 bits per heavy atom. The SMILES string of the molecule is CC(C)c1nc(C2CC3CCC(C2)N3C)nc(N)c1Br. The quantitative estimate of drug-likeness (QED) is 0.898. The molecule has 0 spiro atoms. The summed E-state index contributed by atoms with van der Waals surface area (Å²) in [5.74, 6) is 2.37. The van der Waals surface area contributed by atoms with Crippen LogP contribution in [0.1, 0.15) is 62.9 Å². The molecule has 110 valence electrons. The van der Waals surface area contributed by atoms with Gasteiger partial charge in [0.1, 0.15) is 11.6 Å². The van der Waals surface area contributed by atoms with Crippen molar-refractivity contribution in [2.24, 2.45) is 0 Å². The van der Waals surface area contributed by atoms with Crippen LogP contribution in [0.3, 0.4) is 0 Å². The maximum absolute atomic E-state index is 6.07. The van der Waals surface area contributed by atoms with Crippen LogP contribution in [0.25, 0.3) is 0 Å². The zero-order valence-electron chi connectivity index (χ0n) is 12.4. The summed E-state index contributed by atoms with van der Waals surface area (Å²) in [6.07, 6.45) is 4.98. The van der Waals surface area contributed by atoms with Crippen LogP contribution < -0.4 is 5.73 Å². The predicted octanol–water partition coefficient (Wildman–Crippen LogP) is 3.28. The number of hydrogen-bond donors (Lipinski definition) is 1. The Hall–Kier alpha value is -0.680. The van der Waals surface area contributed by atoms with Gasteiger partial charge in [-0.25, -0.2) is 9.97 Å². The number of aromatic nitrogens is 2. The molecule has 5 heteroatoms. The van der Waals surface area contributed by atoms with E-state index in [-0.39, 0.29) is 0 Å². The molecule has 0 saturated carbocycles. The maximum atomic E-state index is 6.07. The van der Waals surface area contributed by atoms with E-state index in [0.717, 1.165) is 16.0 Å². The van der Waals surface area contributed by atoms with E-state index in [1.807, 2.05) is 0 Å². The second-order valence-corrected chi connectivity index (χ2v) is 7.33. The lowest BCUT2D eigenvalue weighted by Crippen LogP contribution is -2.39. The minimum absolute atomic E-state index is 0.358. The first kappa shape index (κ1) is 14.3. The van der Waals surface area contributed by atoms with E-state index >= 15 is 0 Å². The Labute approximate surface area is 129 Å². The minimum Gasteiger partial charge on any atom is -0.383 e. The topological polar surface area (TPSA) is 55.0 Å². The van der Waals surface area contributed by atoms with Gasteiger partial charge >= 0.3 is 0 Å². The molecule has 0 aromatic carbocycles. The van der Waals surface area contributed by atoms with Crippen molar-refractivity contribution < 1.29 is 0 Å². The van der Waals surface area contributed by atoms with Gasteiger partial charge in [0.15, 0.2) is 0 Å². The van der Waals surface area contributed by atoms with Gasteiger partial charge in [-0.15, -0.1) is 0 Å². The highest BCUT2D eigenvalue weighted by atomic mass is 79.9. The fourth-order valence-corrected chi connectivity index (χ4v) is 4.32. The van der Waals surface area contributed by atoms with Gasteiger partial charge in [0.2, 0.25) is 0 Å². The van der Waals surface area contributed by atoms with Gasteiger partial charge in [-0.1, -0.05) is 13.8 Å². The summed E-state index contributed by atoms with van der Waals surface area (Å²) in [4.78, 5) is 11.9. The van der Waals surface area contributed by atoms with Crippen LogP contribution in [-0.2, 0) is 0 Å². The summed E-state index contributed by atoms with van der Waals surface area (Å²) in [6.45, 7) is 4.29. The Kier molecular flexibility index (Phi) is 3.75. The number of piperidine rings is 1. The van der Waals surface area contributed by atoms with Crippen LogP contribution >= 0.6 is 15.9 Å². The summed E-state index contributed by atoms with van der Waals surface area (Å²) in [5.41, 5.74) is 7.11. The first-order valence-corrected chi connectivity index (χ1v) is 8.31. The van der Waals surface area contributed by atoms with Gasteiger partial charge in [0, 0.05) is 18.0 Å². The minimum atomic E-state index is 0.358. The van der Waals surface area contributed by atoms with Crippen LogP contribution in [0.2, 0.25) is 0 Å². The molecule has 4 nitrogen and oxygen atoms in total. The number of nitrogen functional groups attached to an aromatic ring is 1. The molecule has 2 fully saturated rings. The van der Waals surface area contributed by atoms with E-state index in [1.54, 1.807) is 0 Å². The number of rotatable bonds is 2. The fourth-order valence-electron chi connectivity index (χ4n) is 3.69. The van der Waals surface area contributed by atoms with Crippen LogP contribution in [0.5, 0.6) is 0 Å². The standard InChI is InChI=1S/C15H23BrN4/c1-8(2)13-12(16)14(17)19-15(18-13)9-6-10-4-5-11(7-9)20(10)3/h8-11H,4-7H2,1-3H3,(H2,17,18,19). The lowest BCUT2D eigenvalue weighted by Gasteiger charge is -2.35. The van der Waals surface area contributed by atoms with Crippen LogP contribution in [-0.4, -0.2) is 34.0 Å². The molecule has 0 amide bonds. The summed E-state index contributed by atoms with van der Waals surface area (Å²) in [6, 6.07) is 1.41. The molecule has 2 atom stereocenters. The van der Waals surface area contributed by atoms with E-state index in [4.69, 9.17) is 10.7 Å². The number of fused-ring (bicyclic) bond motifs is 2. The molecule has 0 radical (unpaired) electrons. The summed E-state index contributed by atoms with van der Waals surface area (Å²) < 4.78 is 0.868. The van der Waals surface area contributed by atoms with Gasteiger partial charge in [0.25, 0.3) is 0 Å². The number of anilines is 1. The van der Waals surface area contributed by atoms with Gasteiger partial charge in [0.05, 0.1) is 10.2 Å². The van der Waals surface area contributed by atoms with E-state index in [1.165, 1.54) is 25.7 Å². The molecule has 2 aliphatic rings. The summed E-state index contributed by atoms with van der Waals surface area (Å²) in [7, 11) is 2.26. The van der Waals surface area contributed by atoms with Crippen LogP contribution in [0.4, 0.5) is 5.82 Å². The average Bonchev–Trinajstić information content (AvgIpc) is 2.64. The lowest BCUT2D eigenvalue weighted by molar-refractivity contribution is 0.159. The third-order valence-corrected chi connectivity index (χ3v) is 5.74. The summed E-state index contributed by atoms with van der Waals surface area (Å²) in [5, 5.41) is 0. The Morgan fingerprint density at radius 2 is 1.80 bits per heavy atom. The first-order chi connectivity index (χ1) is 9.47. The molecule has 2 unspecified atom stereocenters. The van der Waals surface area contributed by atoms with Crippen molar-refractivity contribution in [3.63, 3.8) is 0 Å². The van der Waals surface area contributed by atoms with Gasteiger partial charge in [-0.2, -0.15) is 0 Å². The van der Waals surface area contributed by atoms with Gasteiger partial charge in [-0.05, 0) is 54.6 Å². The van der Waals surface area contributed by atoms with E-state index in [2.05, 4.69) is 46.7 Å². The molecule has 2 N–H and O–H groups in total.